The van der Waals surface area contributed by atoms with E-state index in [1.165, 1.54) is 12.4 Å². The van der Waals surface area contributed by atoms with Crippen molar-refractivity contribution in [2.24, 2.45) is 0 Å². The van der Waals surface area contributed by atoms with Crippen molar-refractivity contribution in [1.29, 1.82) is 0 Å². The Morgan fingerprint density at radius 1 is 1.00 bits per heavy atom. The van der Waals surface area contributed by atoms with E-state index in [-0.39, 0.29) is 23.1 Å². The summed E-state index contributed by atoms with van der Waals surface area (Å²) in [6.45, 7) is 0.135. The zero-order valence-corrected chi connectivity index (χ0v) is 16.3. The SMILES string of the molecule is O=C(Nc1c(C(=O)O)sc2nccnc12)OCC1c2ccccc2-c2ccccc21. The highest BCUT2D eigenvalue weighted by Gasteiger charge is 2.29. The average molecular weight is 417 g/mol. The summed E-state index contributed by atoms with van der Waals surface area (Å²) in [7, 11) is 0. The molecule has 0 atom stereocenters. The van der Waals surface area contributed by atoms with Crippen LogP contribution in [0.1, 0.15) is 26.7 Å². The highest BCUT2D eigenvalue weighted by Crippen LogP contribution is 2.44. The summed E-state index contributed by atoms with van der Waals surface area (Å²) < 4.78 is 5.51. The first kappa shape index (κ1) is 18.3. The molecular weight excluding hydrogens is 402 g/mol. The van der Waals surface area contributed by atoms with E-state index in [9.17, 15) is 14.7 Å². The number of hydrogen-bond donors (Lipinski definition) is 2. The second-order valence-corrected chi connectivity index (χ2v) is 7.77. The molecule has 0 saturated heterocycles. The molecule has 1 aliphatic carbocycles. The number of benzene rings is 2. The number of aromatic carboxylic acids is 1. The van der Waals surface area contributed by atoms with Crippen LogP contribution in [0.25, 0.3) is 21.5 Å². The minimum absolute atomic E-state index is 0.0373. The van der Waals surface area contributed by atoms with Crippen LogP contribution in [-0.4, -0.2) is 33.7 Å². The third kappa shape index (κ3) is 2.98. The summed E-state index contributed by atoms with van der Waals surface area (Å²) in [5, 5.41) is 12.0. The number of nitrogens with one attached hydrogen (secondary N) is 1. The van der Waals surface area contributed by atoms with Gasteiger partial charge < -0.3 is 9.84 Å². The second-order valence-electron chi connectivity index (χ2n) is 6.77. The van der Waals surface area contributed by atoms with Crippen LogP contribution in [0.2, 0.25) is 0 Å². The topological polar surface area (TPSA) is 101 Å². The van der Waals surface area contributed by atoms with E-state index in [1.54, 1.807) is 0 Å². The Hall–Kier alpha value is -3.78. The molecule has 0 spiro atoms. The van der Waals surface area contributed by atoms with Gasteiger partial charge in [0.2, 0.25) is 0 Å². The number of nitrogens with zero attached hydrogens (tertiary/aromatic N) is 2. The Morgan fingerprint density at radius 2 is 1.63 bits per heavy atom. The molecule has 0 saturated carbocycles. The molecule has 2 heterocycles. The smallest absolute Gasteiger partial charge is 0.411 e. The van der Waals surface area contributed by atoms with E-state index in [0.717, 1.165) is 33.6 Å². The third-order valence-electron chi connectivity index (χ3n) is 5.09. The van der Waals surface area contributed by atoms with Crippen molar-refractivity contribution < 1.29 is 19.4 Å². The van der Waals surface area contributed by atoms with Crippen molar-refractivity contribution in [1.82, 2.24) is 9.97 Å². The number of carbonyl (C=O) groups is 2. The number of anilines is 1. The van der Waals surface area contributed by atoms with Crippen LogP contribution in [0.4, 0.5) is 10.5 Å². The van der Waals surface area contributed by atoms with Crippen LogP contribution in [0.3, 0.4) is 0 Å². The number of rotatable bonds is 4. The number of aromatic nitrogens is 2. The molecule has 5 rings (SSSR count). The van der Waals surface area contributed by atoms with Gasteiger partial charge in [-0.05, 0) is 22.3 Å². The molecular formula is C22H15N3O4S. The fourth-order valence-corrected chi connectivity index (χ4v) is 4.73. The number of ether oxygens (including phenoxy) is 1. The second kappa shape index (κ2) is 7.23. The molecule has 148 valence electrons. The van der Waals surface area contributed by atoms with Crippen LogP contribution < -0.4 is 5.32 Å². The fourth-order valence-electron chi connectivity index (χ4n) is 3.83. The van der Waals surface area contributed by atoms with Crippen LogP contribution in [0, 0.1) is 0 Å². The number of thiophene rings is 1. The highest BCUT2D eigenvalue weighted by molar-refractivity contribution is 7.21. The Morgan fingerprint density at radius 3 is 2.30 bits per heavy atom. The first-order valence-electron chi connectivity index (χ1n) is 9.22. The van der Waals surface area contributed by atoms with Gasteiger partial charge in [-0.1, -0.05) is 48.5 Å². The molecule has 1 amide bonds. The molecule has 0 unspecified atom stereocenters. The van der Waals surface area contributed by atoms with Gasteiger partial charge in [0, 0.05) is 18.3 Å². The number of amides is 1. The Balaban J connectivity index is 1.39. The van der Waals surface area contributed by atoms with E-state index < -0.39 is 12.1 Å². The maximum atomic E-state index is 12.5. The molecule has 0 aliphatic heterocycles. The molecule has 4 aromatic rings. The molecule has 2 aromatic carbocycles. The normalized spacial score (nSPS) is 12.4. The van der Waals surface area contributed by atoms with Gasteiger partial charge in [0.15, 0.2) is 0 Å². The standard InChI is InChI=1S/C22H15N3O4S/c26-21(27)19-17(18-20(30-19)24-10-9-23-18)25-22(28)29-11-16-14-7-3-1-5-12(14)13-6-2-4-8-15(13)16/h1-10,16H,11H2,(H,25,28)(H,26,27). The maximum Gasteiger partial charge on any atom is 0.411 e. The van der Waals surface area contributed by atoms with E-state index in [2.05, 4.69) is 27.4 Å². The molecule has 0 fully saturated rings. The van der Waals surface area contributed by atoms with Gasteiger partial charge in [0.05, 0.1) is 5.69 Å². The molecule has 8 heteroatoms. The van der Waals surface area contributed by atoms with Crippen molar-refractivity contribution in [3.8, 4) is 11.1 Å². The molecule has 2 N–H and O–H groups in total. The quantitative estimate of drug-likeness (QED) is 0.497. The lowest BCUT2D eigenvalue weighted by Crippen LogP contribution is -2.19. The van der Waals surface area contributed by atoms with Crippen molar-refractivity contribution in [3.63, 3.8) is 0 Å². The van der Waals surface area contributed by atoms with Gasteiger partial charge in [-0.15, -0.1) is 11.3 Å². The van der Waals surface area contributed by atoms with Crippen molar-refractivity contribution >= 4 is 39.4 Å². The Labute approximate surface area is 175 Å². The molecule has 0 bridgehead atoms. The van der Waals surface area contributed by atoms with Gasteiger partial charge in [-0.2, -0.15) is 0 Å². The summed E-state index contributed by atoms with van der Waals surface area (Å²) in [6.07, 6.45) is 2.19. The molecule has 30 heavy (non-hydrogen) atoms. The summed E-state index contributed by atoms with van der Waals surface area (Å²) in [6, 6.07) is 16.1. The minimum Gasteiger partial charge on any atom is -0.477 e. The number of carbonyl (C=O) groups excluding carboxylic acids is 1. The largest absolute Gasteiger partial charge is 0.477 e. The lowest BCUT2D eigenvalue weighted by Gasteiger charge is -2.14. The van der Waals surface area contributed by atoms with Gasteiger partial charge in [0.25, 0.3) is 0 Å². The van der Waals surface area contributed by atoms with Gasteiger partial charge >= 0.3 is 12.1 Å². The van der Waals surface area contributed by atoms with Crippen molar-refractivity contribution in [2.75, 3.05) is 11.9 Å². The summed E-state index contributed by atoms with van der Waals surface area (Å²) >= 11 is 0.955. The van der Waals surface area contributed by atoms with Gasteiger partial charge in [0.1, 0.15) is 21.8 Å². The maximum absolute atomic E-state index is 12.5. The third-order valence-corrected chi connectivity index (χ3v) is 6.17. The van der Waals surface area contributed by atoms with Crippen molar-refractivity contribution in [2.45, 2.75) is 5.92 Å². The van der Waals surface area contributed by atoms with E-state index in [4.69, 9.17) is 4.74 Å². The van der Waals surface area contributed by atoms with Gasteiger partial charge in [-0.25, -0.2) is 19.6 Å². The number of hydrogen-bond acceptors (Lipinski definition) is 6. The lowest BCUT2D eigenvalue weighted by molar-refractivity contribution is 0.0703. The van der Waals surface area contributed by atoms with Crippen LogP contribution in [-0.2, 0) is 4.74 Å². The zero-order valence-electron chi connectivity index (χ0n) is 15.5. The zero-order chi connectivity index (χ0) is 20.7. The van der Waals surface area contributed by atoms with E-state index in [1.807, 2.05) is 36.4 Å². The van der Waals surface area contributed by atoms with E-state index in [0.29, 0.717) is 10.3 Å². The predicted molar refractivity (Wildman–Crippen MR) is 113 cm³/mol. The highest BCUT2D eigenvalue weighted by atomic mass is 32.1. The van der Waals surface area contributed by atoms with E-state index >= 15 is 0 Å². The summed E-state index contributed by atoms with van der Waals surface area (Å²) in [5.74, 6) is -1.24. The van der Waals surface area contributed by atoms with Gasteiger partial charge in [-0.3, -0.25) is 5.32 Å². The lowest BCUT2D eigenvalue weighted by atomic mass is 9.98. The average Bonchev–Trinajstić information content (AvgIpc) is 3.29. The number of carboxylic acids is 1. The minimum atomic E-state index is -1.16. The molecule has 0 radical (unpaired) electrons. The number of carboxylic acid groups (broad SMARTS) is 1. The Kier molecular flexibility index (Phi) is 4.40. The first-order valence-corrected chi connectivity index (χ1v) is 10.0. The molecule has 7 nitrogen and oxygen atoms in total. The number of fused-ring (bicyclic) bond motifs is 4. The Bertz CT molecular complexity index is 1260. The van der Waals surface area contributed by atoms with Crippen molar-refractivity contribution in [3.05, 3.63) is 76.9 Å². The van der Waals surface area contributed by atoms with Crippen LogP contribution in [0.15, 0.2) is 60.9 Å². The van der Waals surface area contributed by atoms with Crippen LogP contribution in [0.5, 0.6) is 0 Å². The summed E-state index contributed by atoms with van der Waals surface area (Å²) in [4.78, 5) is 32.8. The predicted octanol–water partition coefficient (Wildman–Crippen LogP) is 4.75. The first-order chi connectivity index (χ1) is 14.6. The summed E-state index contributed by atoms with van der Waals surface area (Å²) in [5.41, 5.74) is 4.90. The fraction of sp³-hybridized carbons (Fsp3) is 0.0909. The monoisotopic (exact) mass is 417 g/mol. The molecule has 2 aromatic heterocycles. The molecule has 1 aliphatic rings. The van der Waals surface area contributed by atoms with Crippen LogP contribution >= 0.6 is 11.3 Å².